The lowest BCUT2D eigenvalue weighted by Crippen LogP contribution is -2.27. The van der Waals surface area contributed by atoms with Gasteiger partial charge in [0.2, 0.25) is 0 Å². The number of imidazole rings is 1. The lowest BCUT2D eigenvalue weighted by atomic mass is 10.1. The van der Waals surface area contributed by atoms with Crippen molar-refractivity contribution in [2.75, 3.05) is 6.61 Å². The summed E-state index contributed by atoms with van der Waals surface area (Å²) < 4.78 is 13.8. The van der Waals surface area contributed by atoms with Crippen molar-refractivity contribution in [3.05, 3.63) is 23.0 Å². The summed E-state index contributed by atoms with van der Waals surface area (Å²) in [5, 5.41) is 9.62. The molecule has 4 rings (SSSR count). The van der Waals surface area contributed by atoms with Crippen LogP contribution >= 0.6 is 0 Å². The van der Waals surface area contributed by atoms with Crippen molar-refractivity contribution in [1.82, 2.24) is 19.5 Å². The number of aliphatic hydroxyl groups excluding tert-OH is 1. The molecule has 2 aliphatic rings. The Morgan fingerprint density at radius 3 is 2.95 bits per heavy atom. The molecule has 0 spiro atoms. The number of hydrogen-bond donors (Lipinski definition) is 2. The third-order valence-corrected chi connectivity index (χ3v) is 4.51. The lowest BCUT2D eigenvalue weighted by Gasteiger charge is -2.23. The summed E-state index contributed by atoms with van der Waals surface area (Å²) in [5.41, 5.74) is 0.574. The highest BCUT2D eigenvalue weighted by molar-refractivity contribution is 5.69. The number of fused-ring (bicyclic) bond motifs is 2. The SMILES string of the molecule is CC1(C)O[C@@H]2[C@@H](CO)C[C@@H](n3cnc4c(=O)[nH]cnc43)[C@@H]2O1. The first-order valence-corrected chi connectivity index (χ1v) is 7.37. The summed E-state index contributed by atoms with van der Waals surface area (Å²) in [4.78, 5) is 22.7. The molecular formula is C14H18N4O4. The number of nitrogens with one attached hydrogen (secondary N) is 1. The fourth-order valence-corrected chi connectivity index (χ4v) is 3.61. The minimum atomic E-state index is -0.678. The van der Waals surface area contributed by atoms with Crippen LogP contribution in [0, 0.1) is 5.92 Å². The Morgan fingerprint density at radius 2 is 2.18 bits per heavy atom. The van der Waals surface area contributed by atoms with Crippen molar-refractivity contribution in [3.63, 3.8) is 0 Å². The largest absolute Gasteiger partial charge is 0.396 e. The van der Waals surface area contributed by atoms with Crippen LogP contribution in [0.4, 0.5) is 0 Å². The summed E-state index contributed by atoms with van der Waals surface area (Å²) in [6, 6.07) is -0.0665. The highest BCUT2D eigenvalue weighted by Crippen LogP contribution is 2.47. The highest BCUT2D eigenvalue weighted by atomic mass is 16.8. The minimum absolute atomic E-state index is 0.00350. The molecule has 0 aromatic carbocycles. The van der Waals surface area contributed by atoms with E-state index in [1.165, 1.54) is 6.33 Å². The molecule has 22 heavy (non-hydrogen) atoms. The van der Waals surface area contributed by atoms with Gasteiger partial charge in [-0.25, -0.2) is 9.97 Å². The van der Waals surface area contributed by atoms with Crippen LogP contribution in [0.1, 0.15) is 26.3 Å². The molecule has 1 aliphatic carbocycles. The molecule has 2 aromatic heterocycles. The van der Waals surface area contributed by atoms with Gasteiger partial charge in [-0.3, -0.25) is 4.79 Å². The average Bonchev–Trinajstić information content (AvgIpc) is 3.10. The van der Waals surface area contributed by atoms with Crippen molar-refractivity contribution >= 4 is 11.2 Å². The molecule has 2 N–H and O–H groups in total. The van der Waals surface area contributed by atoms with Gasteiger partial charge in [0, 0.05) is 12.5 Å². The topological polar surface area (TPSA) is 102 Å². The molecule has 0 bridgehead atoms. The average molecular weight is 306 g/mol. The van der Waals surface area contributed by atoms with Crippen LogP contribution in [0.25, 0.3) is 11.2 Å². The first-order chi connectivity index (χ1) is 10.5. The Hall–Kier alpha value is -1.77. The maximum absolute atomic E-state index is 11.8. The molecule has 1 saturated heterocycles. The monoisotopic (exact) mass is 306 g/mol. The molecule has 8 nitrogen and oxygen atoms in total. The van der Waals surface area contributed by atoms with Crippen LogP contribution in [0.3, 0.4) is 0 Å². The van der Waals surface area contributed by atoms with Crippen LogP contribution in [0.2, 0.25) is 0 Å². The van der Waals surface area contributed by atoms with Crippen LogP contribution in [-0.2, 0) is 9.47 Å². The smallest absolute Gasteiger partial charge is 0.278 e. The Morgan fingerprint density at radius 1 is 1.41 bits per heavy atom. The van der Waals surface area contributed by atoms with E-state index in [0.717, 1.165) is 0 Å². The minimum Gasteiger partial charge on any atom is -0.396 e. The number of H-pyrrole nitrogens is 1. The Bertz CT molecular complexity index is 768. The zero-order chi connectivity index (χ0) is 15.5. The van der Waals surface area contributed by atoms with Gasteiger partial charge in [0.05, 0.1) is 24.8 Å². The molecule has 0 unspecified atom stereocenters. The van der Waals surface area contributed by atoms with E-state index < -0.39 is 5.79 Å². The number of aromatic amines is 1. The Kier molecular flexibility index (Phi) is 2.91. The van der Waals surface area contributed by atoms with E-state index in [-0.39, 0.29) is 36.3 Å². The summed E-state index contributed by atoms with van der Waals surface area (Å²) in [6.45, 7) is 3.77. The number of aliphatic hydroxyl groups is 1. The van der Waals surface area contributed by atoms with Crippen molar-refractivity contribution in [2.24, 2.45) is 5.92 Å². The summed E-state index contributed by atoms with van der Waals surface area (Å²) >= 11 is 0. The Balaban J connectivity index is 1.78. The van der Waals surface area contributed by atoms with E-state index in [1.807, 2.05) is 18.4 Å². The van der Waals surface area contributed by atoms with Gasteiger partial charge >= 0.3 is 0 Å². The highest BCUT2D eigenvalue weighted by Gasteiger charge is 2.54. The van der Waals surface area contributed by atoms with Crippen molar-refractivity contribution < 1.29 is 14.6 Å². The maximum Gasteiger partial charge on any atom is 0.278 e. The standard InChI is InChI=1S/C14H18N4O4/c1-14(2)21-10-7(4-19)3-8(11(10)22-14)18-6-17-9-12(18)15-5-16-13(9)20/h5-8,10-11,19H,3-4H2,1-2H3,(H,15,16,20)/t7-,8-,10-,11+/m1/s1. The molecule has 8 heteroatoms. The molecule has 0 amide bonds. The van der Waals surface area contributed by atoms with Gasteiger partial charge in [0.25, 0.3) is 5.56 Å². The molecular weight excluding hydrogens is 288 g/mol. The second-order valence-electron chi connectivity index (χ2n) is 6.37. The molecule has 1 aliphatic heterocycles. The predicted molar refractivity (Wildman–Crippen MR) is 76.2 cm³/mol. The molecule has 4 atom stereocenters. The van der Waals surface area contributed by atoms with Gasteiger partial charge in [0.1, 0.15) is 6.10 Å². The second-order valence-corrected chi connectivity index (χ2v) is 6.37. The first-order valence-electron chi connectivity index (χ1n) is 7.37. The molecule has 2 aromatic rings. The van der Waals surface area contributed by atoms with Crippen molar-refractivity contribution in [3.8, 4) is 0 Å². The van der Waals surface area contributed by atoms with Gasteiger partial charge in [-0.2, -0.15) is 0 Å². The van der Waals surface area contributed by atoms with E-state index in [1.54, 1.807) is 6.33 Å². The molecule has 3 heterocycles. The number of nitrogens with zero attached hydrogens (tertiary/aromatic N) is 3. The van der Waals surface area contributed by atoms with E-state index >= 15 is 0 Å². The third-order valence-electron chi connectivity index (χ3n) is 4.51. The van der Waals surface area contributed by atoms with Gasteiger partial charge in [-0.15, -0.1) is 0 Å². The van der Waals surface area contributed by atoms with E-state index in [9.17, 15) is 9.90 Å². The number of rotatable bonds is 2. The second kappa shape index (κ2) is 4.61. The third kappa shape index (κ3) is 1.91. The number of aromatic nitrogens is 4. The van der Waals surface area contributed by atoms with Crippen molar-refractivity contribution in [1.29, 1.82) is 0 Å². The van der Waals surface area contributed by atoms with E-state index in [4.69, 9.17) is 9.47 Å². The van der Waals surface area contributed by atoms with Gasteiger partial charge in [0.15, 0.2) is 17.0 Å². The zero-order valence-electron chi connectivity index (χ0n) is 12.4. The van der Waals surface area contributed by atoms with E-state index in [2.05, 4.69) is 15.0 Å². The fourth-order valence-electron chi connectivity index (χ4n) is 3.61. The molecule has 0 radical (unpaired) electrons. The van der Waals surface area contributed by atoms with Crippen LogP contribution in [0.15, 0.2) is 17.4 Å². The molecule has 1 saturated carbocycles. The summed E-state index contributed by atoms with van der Waals surface area (Å²) in [7, 11) is 0. The first kappa shape index (κ1) is 13.9. The molecule has 118 valence electrons. The van der Waals surface area contributed by atoms with Gasteiger partial charge in [-0.05, 0) is 20.3 Å². The van der Waals surface area contributed by atoms with Crippen LogP contribution < -0.4 is 5.56 Å². The van der Waals surface area contributed by atoms with E-state index in [0.29, 0.717) is 17.6 Å². The quantitative estimate of drug-likeness (QED) is 0.821. The molecule has 2 fully saturated rings. The number of hydrogen-bond acceptors (Lipinski definition) is 6. The van der Waals surface area contributed by atoms with Crippen LogP contribution in [0.5, 0.6) is 0 Å². The van der Waals surface area contributed by atoms with Crippen LogP contribution in [-0.4, -0.2) is 49.2 Å². The van der Waals surface area contributed by atoms with Gasteiger partial charge in [-0.1, -0.05) is 0 Å². The van der Waals surface area contributed by atoms with Crippen molar-refractivity contribution in [2.45, 2.75) is 44.3 Å². The number of ether oxygens (including phenoxy) is 2. The normalized spacial score (nSPS) is 33.4. The maximum atomic E-state index is 11.8. The predicted octanol–water partition coefficient (Wildman–Crippen LogP) is 0.193. The Labute approximate surface area is 126 Å². The van der Waals surface area contributed by atoms with Gasteiger partial charge < -0.3 is 24.1 Å². The fraction of sp³-hybridized carbons (Fsp3) is 0.643. The lowest BCUT2D eigenvalue weighted by molar-refractivity contribution is -0.161. The summed E-state index contributed by atoms with van der Waals surface area (Å²) in [5.74, 6) is -0.681. The summed E-state index contributed by atoms with van der Waals surface area (Å²) in [6.07, 6.45) is 3.33. The zero-order valence-corrected chi connectivity index (χ0v) is 12.4.